The first-order chi connectivity index (χ1) is 12.4. The molecular formula is C17H27N4O5S+. The molecule has 10 heteroatoms. The number of nitrogens with zero attached hydrogens (tertiary/aromatic N) is 2. The first kappa shape index (κ1) is 21.3. The van der Waals surface area contributed by atoms with E-state index in [4.69, 9.17) is 0 Å². The van der Waals surface area contributed by atoms with Crippen molar-refractivity contribution in [2.75, 3.05) is 26.2 Å². The maximum Gasteiger partial charge on any atom is 0.278 e. The van der Waals surface area contributed by atoms with Crippen LogP contribution in [0.1, 0.15) is 27.7 Å². The highest BCUT2D eigenvalue weighted by molar-refractivity contribution is 7.89. The monoisotopic (exact) mass is 399 g/mol. The van der Waals surface area contributed by atoms with Gasteiger partial charge >= 0.3 is 0 Å². The molecule has 1 atom stereocenters. The van der Waals surface area contributed by atoms with Gasteiger partial charge in [-0.25, -0.2) is 8.42 Å². The van der Waals surface area contributed by atoms with Gasteiger partial charge < -0.3 is 10.2 Å². The molecule has 0 aromatic heterocycles. The molecule has 2 rings (SSSR count). The van der Waals surface area contributed by atoms with Crippen molar-refractivity contribution in [3.8, 4) is 0 Å². The molecule has 0 unspecified atom stereocenters. The summed E-state index contributed by atoms with van der Waals surface area (Å²) >= 11 is 0. The molecule has 9 nitrogen and oxygen atoms in total. The van der Waals surface area contributed by atoms with Crippen molar-refractivity contribution >= 4 is 21.6 Å². The van der Waals surface area contributed by atoms with Gasteiger partial charge in [0.25, 0.3) is 11.6 Å². The van der Waals surface area contributed by atoms with Crippen molar-refractivity contribution in [3.05, 3.63) is 34.4 Å². The van der Waals surface area contributed by atoms with E-state index >= 15 is 0 Å². The number of amides is 1. The van der Waals surface area contributed by atoms with Crippen LogP contribution in [0.5, 0.6) is 0 Å². The van der Waals surface area contributed by atoms with E-state index < -0.39 is 14.9 Å². The summed E-state index contributed by atoms with van der Waals surface area (Å²) in [7, 11) is -3.71. The van der Waals surface area contributed by atoms with E-state index in [1.807, 2.05) is 27.7 Å². The van der Waals surface area contributed by atoms with Crippen molar-refractivity contribution in [3.63, 3.8) is 0 Å². The molecule has 1 heterocycles. The summed E-state index contributed by atoms with van der Waals surface area (Å²) in [4.78, 5) is 23.5. The third-order valence-corrected chi connectivity index (χ3v) is 6.47. The van der Waals surface area contributed by atoms with Gasteiger partial charge in [-0.3, -0.25) is 14.9 Å². The van der Waals surface area contributed by atoms with Crippen LogP contribution in [0.4, 0.5) is 5.69 Å². The minimum absolute atomic E-state index is 0.0371. The summed E-state index contributed by atoms with van der Waals surface area (Å²) in [6, 6.07) is 4.62. The molecule has 1 aromatic carbocycles. The third-order valence-electron chi connectivity index (χ3n) is 4.55. The van der Waals surface area contributed by atoms with Crippen LogP contribution in [0.25, 0.3) is 0 Å². The molecule has 0 bridgehead atoms. The van der Waals surface area contributed by atoms with Gasteiger partial charge in [-0.2, -0.15) is 4.31 Å². The first-order valence-electron chi connectivity index (χ1n) is 8.83. The van der Waals surface area contributed by atoms with E-state index in [-0.39, 0.29) is 28.1 Å². The van der Waals surface area contributed by atoms with Crippen molar-refractivity contribution in [2.45, 2.75) is 44.2 Å². The second-order valence-electron chi connectivity index (χ2n) is 7.77. The number of carbonyl (C=O) groups is 1. The number of quaternary nitrogens is 1. The summed E-state index contributed by atoms with van der Waals surface area (Å²) in [6.45, 7) is 9.22. The Labute approximate surface area is 159 Å². The fourth-order valence-electron chi connectivity index (χ4n) is 3.00. The number of nitro benzene ring substituents is 1. The Morgan fingerprint density at radius 2 is 1.74 bits per heavy atom. The standard InChI is InChI=1S/C17H26N4O5S/c1-13(16(22)18-17(2,3)4)19-9-11-20(12-10-19)27(25,26)15-7-5-14(6-8-15)21(23)24/h5-8,13H,9-12H2,1-4H3,(H,18,22)/p+1/t13-/m0/s1. The minimum atomic E-state index is -3.71. The van der Waals surface area contributed by atoms with Gasteiger partial charge in [0.05, 0.1) is 36.0 Å². The van der Waals surface area contributed by atoms with Crippen LogP contribution in [0.2, 0.25) is 0 Å². The van der Waals surface area contributed by atoms with E-state index in [2.05, 4.69) is 5.32 Å². The highest BCUT2D eigenvalue weighted by atomic mass is 32.2. The summed E-state index contributed by atoms with van der Waals surface area (Å²) in [5.74, 6) is -0.0517. The number of nitro groups is 1. The number of sulfonamides is 1. The van der Waals surface area contributed by atoms with Crippen molar-refractivity contribution < 1.29 is 23.0 Å². The van der Waals surface area contributed by atoms with Crippen LogP contribution in [-0.2, 0) is 14.8 Å². The molecule has 1 amide bonds. The number of hydrogen-bond acceptors (Lipinski definition) is 5. The molecule has 1 fully saturated rings. The molecule has 2 N–H and O–H groups in total. The normalized spacial score (nSPS) is 18.1. The average molecular weight is 399 g/mol. The van der Waals surface area contributed by atoms with Crippen LogP contribution < -0.4 is 10.2 Å². The summed E-state index contributed by atoms with van der Waals surface area (Å²) in [5, 5.41) is 13.7. The van der Waals surface area contributed by atoms with Crippen molar-refractivity contribution in [1.82, 2.24) is 9.62 Å². The Kier molecular flexibility index (Phi) is 6.23. The van der Waals surface area contributed by atoms with E-state index in [0.29, 0.717) is 26.2 Å². The molecule has 0 aliphatic carbocycles. The Morgan fingerprint density at radius 3 is 2.19 bits per heavy atom. The lowest BCUT2D eigenvalue weighted by molar-refractivity contribution is -0.917. The van der Waals surface area contributed by atoms with Crippen molar-refractivity contribution in [2.24, 2.45) is 0 Å². The maximum atomic E-state index is 12.7. The Balaban J connectivity index is 2.01. The zero-order valence-corrected chi connectivity index (χ0v) is 16.9. The first-order valence-corrected chi connectivity index (χ1v) is 10.3. The number of hydrogen-bond donors (Lipinski definition) is 2. The molecule has 0 spiro atoms. The second-order valence-corrected chi connectivity index (χ2v) is 9.71. The number of benzene rings is 1. The van der Waals surface area contributed by atoms with Crippen LogP contribution >= 0.6 is 0 Å². The predicted octanol–water partition coefficient (Wildman–Crippen LogP) is -0.213. The molecule has 1 aromatic rings. The van der Waals surface area contributed by atoms with E-state index in [9.17, 15) is 23.3 Å². The second kappa shape index (κ2) is 7.91. The smallest absolute Gasteiger partial charge is 0.278 e. The number of rotatable bonds is 5. The highest BCUT2D eigenvalue weighted by Gasteiger charge is 2.35. The lowest BCUT2D eigenvalue weighted by Gasteiger charge is -2.35. The number of nitrogens with one attached hydrogen (secondary N) is 2. The molecule has 0 saturated carbocycles. The van der Waals surface area contributed by atoms with Gasteiger partial charge in [0.2, 0.25) is 10.0 Å². The molecule has 0 radical (unpaired) electrons. The van der Waals surface area contributed by atoms with Gasteiger partial charge in [-0.1, -0.05) is 0 Å². The van der Waals surface area contributed by atoms with Crippen molar-refractivity contribution in [1.29, 1.82) is 0 Å². The fourth-order valence-corrected chi connectivity index (χ4v) is 4.44. The number of carbonyl (C=O) groups excluding carboxylic acids is 1. The van der Waals surface area contributed by atoms with Gasteiger partial charge in [0, 0.05) is 17.7 Å². The van der Waals surface area contributed by atoms with Gasteiger partial charge in [0.1, 0.15) is 0 Å². The summed E-state index contributed by atoms with van der Waals surface area (Å²) in [5.41, 5.74) is -0.465. The Hall–Kier alpha value is -2.04. The van der Waals surface area contributed by atoms with Gasteiger partial charge in [-0.15, -0.1) is 0 Å². The quantitative estimate of drug-likeness (QED) is 0.525. The molecule has 1 saturated heterocycles. The molecule has 1 aliphatic rings. The van der Waals surface area contributed by atoms with Crippen LogP contribution in [0.3, 0.4) is 0 Å². The Morgan fingerprint density at radius 1 is 1.22 bits per heavy atom. The lowest BCUT2D eigenvalue weighted by Crippen LogP contribution is -3.19. The van der Waals surface area contributed by atoms with Crippen LogP contribution in [0, 0.1) is 10.1 Å². The highest BCUT2D eigenvalue weighted by Crippen LogP contribution is 2.19. The van der Waals surface area contributed by atoms with Gasteiger partial charge in [0.15, 0.2) is 6.04 Å². The van der Waals surface area contributed by atoms with E-state index in [1.165, 1.54) is 28.6 Å². The average Bonchev–Trinajstić information content (AvgIpc) is 2.59. The lowest BCUT2D eigenvalue weighted by atomic mass is 10.1. The van der Waals surface area contributed by atoms with Crippen LogP contribution in [-0.4, -0.2) is 61.3 Å². The molecule has 27 heavy (non-hydrogen) atoms. The maximum absolute atomic E-state index is 12.7. The van der Waals surface area contributed by atoms with E-state index in [0.717, 1.165) is 4.90 Å². The largest absolute Gasteiger partial charge is 0.346 e. The zero-order chi connectivity index (χ0) is 20.4. The SMILES string of the molecule is C[C@@H](C(=O)NC(C)(C)C)[NH+]1CCN(S(=O)(=O)c2ccc([N+](=O)[O-])cc2)CC1. The Bertz CT molecular complexity index is 794. The molecule has 1 aliphatic heterocycles. The summed E-state index contributed by atoms with van der Waals surface area (Å²) in [6.07, 6.45) is 0. The fraction of sp³-hybridized carbons (Fsp3) is 0.588. The van der Waals surface area contributed by atoms with Crippen LogP contribution in [0.15, 0.2) is 29.2 Å². The minimum Gasteiger partial charge on any atom is -0.346 e. The topological polar surface area (TPSA) is 114 Å². The number of piperazine rings is 1. The summed E-state index contributed by atoms with van der Waals surface area (Å²) < 4.78 is 26.8. The molecule has 150 valence electrons. The predicted molar refractivity (Wildman–Crippen MR) is 99.9 cm³/mol. The molecular weight excluding hydrogens is 372 g/mol. The third kappa shape index (κ3) is 5.24. The van der Waals surface area contributed by atoms with Gasteiger partial charge in [-0.05, 0) is 39.8 Å². The zero-order valence-electron chi connectivity index (χ0n) is 16.1. The van der Waals surface area contributed by atoms with E-state index in [1.54, 1.807) is 0 Å². The number of non-ortho nitro benzene ring substituents is 1.